The van der Waals surface area contributed by atoms with Crippen molar-refractivity contribution < 1.29 is 4.79 Å². The third-order valence-electron chi connectivity index (χ3n) is 8.70. The summed E-state index contributed by atoms with van der Waals surface area (Å²) in [4.78, 5) is 17.4. The molecule has 3 aliphatic carbocycles. The topological polar surface area (TPSA) is 117 Å². The van der Waals surface area contributed by atoms with E-state index in [9.17, 15) is 4.79 Å². The maximum Gasteiger partial charge on any atom is 0.235 e. The van der Waals surface area contributed by atoms with Crippen molar-refractivity contribution in [2.75, 3.05) is 5.32 Å². The molecule has 0 aliphatic heterocycles. The monoisotopic (exact) mass is 510 g/mol. The average molecular weight is 511 g/mol. The second-order valence-corrected chi connectivity index (χ2v) is 11.4. The van der Waals surface area contributed by atoms with Crippen LogP contribution in [0.15, 0.2) is 36.5 Å². The number of hydrogen-bond acceptors (Lipinski definition) is 5. The average Bonchev–Trinajstić information content (AvgIpc) is 3.78. The standard InChI is InChI=1S/C29H34N8O/c1-16-24(17(2)34-33-16)18-10-12-21(13-11-18)31-29(38)26(25(19-6-7-19)20-8-9-20)28-32-27(35-36-28)23-14-15-30-37(23)22-4-3-5-22/h10-15,19-20,22,25-26H,3-9H2,1-2H3,(H,31,38)(H,33,34)(H,32,35,36). The van der Waals surface area contributed by atoms with E-state index in [-0.39, 0.29) is 11.8 Å². The van der Waals surface area contributed by atoms with Gasteiger partial charge in [-0.15, -0.1) is 10.2 Å². The van der Waals surface area contributed by atoms with Gasteiger partial charge in [0.05, 0.1) is 11.7 Å². The normalized spacial score (nSPS) is 18.5. The van der Waals surface area contributed by atoms with Crippen molar-refractivity contribution in [2.24, 2.45) is 17.8 Å². The molecule has 3 aliphatic rings. The molecular formula is C29H34N8O. The van der Waals surface area contributed by atoms with Crippen LogP contribution in [0.2, 0.25) is 0 Å². The highest BCUT2D eigenvalue weighted by Gasteiger charge is 2.49. The molecule has 196 valence electrons. The van der Waals surface area contributed by atoms with Gasteiger partial charge in [-0.2, -0.15) is 10.2 Å². The maximum atomic E-state index is 13.9. The first-order chi connectivity index (χ1) is 18.6. The fourth-order valence-corrected chi connectivity index (χ4v) is 6.24. The molecule has 0 bridgehead atoms. The van der Waals surface area contributed by atoms with Gasteiger partial charge in [0.1, 0.15) is 17.4 Å². The van der Waals surface area contributed by atoms with E-state index in [1.165, 1.54) is 32.1 Å². The minimum Gasteiger partial charge on any atom is -0.325 e. The molecule has 7 rings (SSSR count). The van der Waals surface area contributed by atoms with E-state index >= 15 is 0 Å². The highest BCUT2D eigenvalue weighted by Crippen LogP contribution is 2.54. The lowest BCUT2D eigenvalue weighted by molar-refractivity contribution is -0.119. The van der Waals surface area contributed by atoms with Crippen LogP contribution in [0.4, 0.5) is 5.69 Å². The van der Waals surface area contributed by atoms with Crippen LogP contribution in [0.1, 0.15) is 74.1 Å². The van der Waals surface area contributed by atoms with Crippen LogP contribution in [0.3, 0.4) is 0 Å². The van der Waals surface area contributed by atoms with E-state index in [2.05, 4.69) is 40.5 Å². The summed E-state index contributed by atoms with van der Waals surface area (Å²) in [6.07, 6.45) is 10.1. The highest BCUT2D eigenvalue weighted by molar-refractivity contribution is 5.96. The van der Waals surface area contributed by atoms with Gasteiger partial charge in [0.15, 0.2) is 5.82 Å². The second kappa shape index (κ2) is 9.22. The van der Waals surface area contributed by atoms with Crippen molar-refractivity contribution in [3.05, 3.63) is 53.7 Å². The van der Waals surface area contributed by atoms with E-state index < -0.39 is 0 Å². The van der Waals surface area contributed by atoms with Crippen molar-refractivity contribution >= 4 is 11.6 Å². The van der Waals surface area contributed by atoms with Crippen molar-refractivity contribution in [3.8, 4) is 22.6 Å². The number of amides is 1. The number of hydrogen-bond donors (Lipinski definition) is 3. The van der Waals surface area contributed by atoms with Gasteiger partial charge in [0, 0.05) is 23.1 Å². The maximum absolute atomic E-state index is 13.9. The molecule has 4 aromatic rings. The molecule has 1 atom stereocenters. The highest BCUT2D eigenvalue weighted by atomic mass is 16.2. The second-order valence-electron chi connectivity index (χ2n) is 11.4. The summed E-state index contributed by atoms with van der Waals surface area (Å²) >= 11 is 0. The quantitative estimate of drug-likeness (QED) is 0.273. The van der Waals surface area contributed by atoms with Gasteiger partial charge < -0.3 is 10.3 Å². The molecule has 1 unspecified atom stereocenters. The number of rotatable bonds is 9. The van der Waals surface area contributed by atoms with E-state index in [1.807, 2.05) is 50.4 Å². The van der Waals surface area contributed by atoms with Gasteiger partial charge in [-0.25, -0.2) is 0 Å². The Morgan fingerprint density at radius 2 is 1.74 bits per heavy atom. The summed E-state index contributed by atoms with van der Waals surface area (Å²) in [5.41, 5.74) is 5.93. The SMILES string of the molecule is Cc1n[nH]c(C)c1-c1ccc(NC(=O)C(c2nnc(-c3ccnn3C3CCC3)[nH]2)C(C2CC2)C2CC2)cc1. The molecular weight excluding hydrogens is 476 g/mol. The number of carbonyl (C=O) groups is 1. The Morgan fingerprint density at radius 3 is 2.34 bits per heavy atom. The summed E-state index contributed by atoms with van der Waals surface area (Å²) in [6.45, 7) is 4.02. The predicted molar refractivity (Wildman–Crippen MR) is 144 cm³/mol. The molecule has 3 saturated carbocycles. The first kappa shape index (κ1) is 23.4. The molecule has 3 aromatic heterocycles. The molecule has 3 N–H and O–H groups in total. The molecule has 0 spiro atoms. The van der Waals surface area contributed by atoms with Crippen molar-refractivity contribution in [2.45, 2.75) is 70.8 Å². The molecule has 9 nitrogen and oxygen atoms in total. The smallest absolute Gasteiger partial charge is 0.235 e. The molecule has 3 fully saturated rings. The van der Waals surface area contributed by atoms with E-state index in [0.29, 0.717) is 35.4 Å². The van der Waals surface area contributed by atoms with Gasteiger partial charge in [-0.3, -0.25) is 14.6 Å². The van der Waals surface area contributed by atoms with Gasteiger partial charge in [0.2, 0.25) is 5.91 Å². The van der Waals surface area contributed by atoms with Gasteiger partial charge in [-0.1, -0.05) is 12.1 Å². The molecule has 1 amide bonds. The molecule has 38 heavy (non-hydrogen) atoms. The largest absolute Gasteiger partial charge is 0.325 e. The zero-order chi connectivity index (χ0) is 25.8. The summed E-state index contributed by atoms with van der Waals surface area (Å²) in [5, 5.41) is 24.2. The Kier molecular flexibility index (Phi) is 5.67. The lowest BCUT2D eigenvalue weighted by Gasteiger charge is -2.27. The summed E-state index contributed by atoms with van der Waals surface area (Å²) in [7, 11) is 0. The third kappa shape index (κ3) is 4.23. The fraction of sp³-hybridized carbons (Fsp3) is 0.483. The van der Waals surface area contributed by atoms with Crippen LogP contribution in [-0.2, 0) is 4.79 Å². The fourth-order valence-electron chi connectivity index (χ4n) is 6.24. The van der Waals surface area contributed by atoms with E-state index in [0.717, 1.165) is 46.7 Å². The molecule has 3 heterocycles. The van der Waals surface area contributed by atoms with Crippen molar-refractivity contribution in [1.29, 1.82) is 0 Å². The first-order valence-electron chi connectivity index (χ1n) is 14.0. The summed E-state index contributed by atoms with van der Waals surface area (Å²) in [6, 6.07) is 10.5. The van der Waals surface area contributed by atoms with Crippen LogP contribution in [0.5, 0.6) is 0 Å². The lowest BCUT2D eigenvalue weighted by atomic mass is 9.82. The number of nitrogens with zero attached hydrogens (tertiary/aromatic N) is 5. The Labute approximate surface area is 221 Å². The number of carbonyl (C=O) groups excluding carboxylic acids is 1. The third-order valence-corrected chi connectivity index (χ3v) is 8.70. The molecule has 9 heteroatoms. The summed E-state index contributed by atoms with van der Waals surface area (Å²) in [5.74, 6) is 2.47. The number of benzene rings is 1. The van der Waals surface area contributed by atoms with Crippen LogP contribution in [-0.4, -0.2) is 41.1 Å². The molecule has 0 radical (unpaired) electrons. The Bertz CT molecular complexity index is 1420. The zero-order valence-electron chi connectivity index (χ0n) is 21.9. The summed E-state index contributed by atoms with van der Waals surface area (Å²) < 4.78 is 2.06. The minimum absolute atomic E-state index is 0.00702. The van der Waals surface area contributed by atoms with Crippen molar-refractivity contribution in [1.82, 2.24) is 35.2 Å². The lowest BCUT2D eigenvalue weighted by Crippen LogP contribution is -2.31. The molecule has 0 saturated heterocycles. The number of aromatic nitrogens is 7. The first-order valence-corrected chi connectivity index (χ1v) is 14.0. The van der Waals surface area contributed by atoms with Gasteiger partial charge in [0.25, 0.3) is 0 Å². The Hall–Kier alpha value is -3.75. The Balaban J connectivity index is 1.17. The van der Waals surface area contributed by atoms with Crippen molar-refractivity contribution in [3.63, 3.8) is 0 Å². The predicted octanol–water partition coefficient (Wildman–Crippen LogP) is 5.56. The molecule has 1 aromatic carbocycles. The number of nitrogens with one attached hydrogen (secondary N) is 3. The van der Waals surface area contributed by atoms with Crippen LogP contribution < -0.4 is 5.32 Å². The van der Waals surface area contributed by atoms with Crippen LogP contribution >= 0.6 is 0 Å². The zero-order valence-corrected chi connectivity index (χ0v) is 21.9. The van der Waals surface area contributed by atoms with Crippen LogP contribution in [0, 0.1) is 31.6 Å². The van der Waals surface area contributed by atoms with E-state index in [1.54, 1.807) is 0 Å². The van der Waals surface area contributed by atoms with E-state index in [4.69, 9.17) is 0 Å². The van der Waals surface area contributed by atoms with Gasteiger partial charge in [-0.05, 0) is 100 Å². The van der Waals surface area contributed by atoms with Crippen LogP contribution in [0.25, 0.3) is 22.6 Å². The minimum atomic E-state index is -0.352. The van der Waals surface area contributed by atoms with Gasteiger partial charge >= 0.3 is 0 Å². The number of aryl methyl sites for hydroxylation is 2. The number of H-pyrrole nitrogens is 2. The Morgan fingerprint density at radius 1 is 1.00 bits per heavy atom. The number of aromatic amines is 2. The number of anilines is 1.